The zero-order valence-electron chi connectivity index (χ0n) is 13.1. The molecule has 0 spiro atoms. The molecule has 0 amide bonds. The van der Waals surface area contributed by atoms with Crippen LogP contribution in [0.25, 0.3) is 22.7 Å². The van der Waals surface area contributed by atoms with Gasteiger partial charge in [-0.1, -0.05) is 12.1 Å². The van der Waals surface area contributed by atoms with E-state index < -0.39 is 0 Å². The van der Waals surface area contributed by atoms with E-state index in [1.54, 1.807) is 20.3 Å². The van der Waals surface area contributed by atoms with Crippen molar-refractivity contribution < 1.29 is 9.47 Å². The van der Waals surface area contributed by atoms with Crippen LogP contribution in [0.1, 0.15) is 11.4 Å². The number of aromatic nitrogens is 2. The number of benzene rings is 2. The van der Waals surface area contributed by atoms with Crippen molar-refractivity contribution in [1.82, 2.24) is 9.97 Å². The van der Waals surface area contributed by atoms with Gasteiger partial charge in [-0.05, 0) is 51.8 Å². The minimum atomic E-state index is 0.435. The van der Waals surface area contributed by atoms with Crippen LogP contribution in [0.15, 0.2) is 40.9 Å². The first-order valence-corrected chi connectivity index (χ1v) is 7.94. The lowest BCUT2D eigenvalue weighted by atomic mass is 10.1. The second kappa shape index (κ2) is 6.77. The third-order valence-electron chi connectivity index (χ3n) is 3.53. The Morgan fingerprint density at radius 1 is 1.25 bits per heavy atom. The molecule has 0 aliphatic carbocycles. The van der Waals surface area contributed by atoms with E-state index in [4.69, 9.17) is 9.47 Å². The zero-order chi connectivity index (χ0) is 17.1. The van der Waals surface area contributed by atoms with Crippen molar-refractivity contribution in [2.24, 2.45) is 0 Å². The molecular formula is C18H14BrN3O2. The number of methoxy groups -OCH3 is 2. The van der Waals surface area contributed by atoms with Crippen LogP contribution in [0.2, 0.25) is 0 Å². The molecule has 1 aromatic heterocycles. The van der Waals surface area contributed by atoms with Gasteiger partial charge in [-0.3, -0.25) is 0 Å². The second-order valence-electron chi connectivity index (χ2n) is 5.01. The molecule has 0 saturated heterocycles. The second-order valence-corrected chi connectivity index (χ2v) is 5.86. The van der Waals surface area contributed by atoms with Crippen LogP contribution >= 0.6 is 15.9 Å². The standard InChI is InChI=1S/C18H14BrN3O2/c1-23-16-9-11(8-13(19)17(16)24-2)7-12(10-20)18-21-14-5-3-4-6-15(14)22-18/h3-9H,1-2H3,(H,21,22)/b12-7-. The molecule has 1 N–H and O–H groups in total. The molecular weight excluding hydrogens is 370 g/mol. The average molecular weight is 384 g/mol. The quantitative estimate of drug-likeness (QED) is 0.677. The number of aromatic amines is 1. The van der Waals surface area contributed by atoms with E-state index in [2.05, 4.69) is 32.0 Å². The highest BCUT2D eigenvalue weighted by atomic mass is 79.9. The van der Waals surface area contributed by atoms with Crippen LogP contribution in [0.3, 0.4) is 0 Å². The Morgan fingerprint density at radius 2 is 2.04 bits per heavy atom. The van der Waals surface area contributed by atoms with Gasteiger partial charge in [0, 0.05) is 0 Å². The summed E-state index contributed by atoms with van der Waals surface area (Å²) in [6.07, 6.45) is 1.75. The van der Waals surface area contributed by atoms with E-state index >= 15 is 0 Å². The summed E-state index contributed by atoms with van der Waals surface area (Å²) in [7, 11) is 3.15. The Hall–Kier alpha value is -2.78. The lowest BCUT2D eigenvalue weighted by Gasteiger charge is -2.10. The van der Waals surface area contributed by atoms with Gasteiger partial charge in [0.2, 0.25) is 0 Å². The Morgan fingerprint density at radius 3 is 2.71 bits per heavy atom. The first kappa shape index (κ1) is 16.1. The van der Waals surface area contributed by atoms with Crippen molar-refractivity contribution in [3.05, 3.63) is 52.3 Å². The van der Waals surface area contributed by atoms with Gasteiger partial charge in [-0.15, -0.1) is 0 Å². The number of ether oxygens (including phenoxy) is 2. The zero-order valence-corrected chi connectivity index (χ0v) is 14.7. The molecule has 3 aromatic rings. The molecule has 5 nitrogen and oxygen atoms in total. The molecule has 0 bridgehead atoms. The van der Waals surface area contributed by atoms with Crippen LogP contribution in [0, 0.1) is 11.3 Å². The summed E-state index contributed by atoms with van der Waals surface area (Å²) in [5, 5.41) is 9.52. The first-order valence-electron chi connectivity index (χ1n) is 7.14. The number of hydrogen-bond acceptors (Lipinski definition) is 4. The van der Waals surface area contributed by atoms with E-state index in [-0.39, 0.29) is 0 Å². The molecule has 6 heteroatoms. The van der Waals surface area contributed by atoms with Crippen LogP contribution in [-0.4, -0.2) is 24.2 Å². The monoisotopic (exact) mass is 383 g/mol. The van der Waals surface area contributed by atoms with Crippen molar-refractivity contribution in [2.45, 2.75) is 0 Å². The number of nitriles is 1. The lowest BCUT2D eigenvalue weighted by Crippen LogP contribution is -1.93. The molecule has 0 atom stereocenters. The van der Waals surface area contributed by atoms with Gasteiger partial charge in [0.1, 0.15) is 11.9 Å². The normalized spacial score (nSPS) is 11.3. The number of halogens is 1. The fraction of sp³-hybridized carbons (Fsp3) is 0.111. The predicted molar refractivity (Wildman–Crippen MR) is 96.8 cm³/mol. The third kappa shape index (κ3) is 2.99. The number of imidazole rings is 1. The van der Waals surface area contributed by atoms with Gasteiger partial charge >= 0.3 is 0 Å². The van der Waals surface area contributed by atoms with Gasteiger partial charge in [-0.2, -0.15) is 5.26 Å². The number of para-hydroxylation sites is 2. The largest absolute Gasteiger partial charge is 0.493 e. The van der Waals surface area contributed by atoms with Gasteiger partial charge in [0.25, 0.3) is 0 Å². The Kier molecular flexibility index (Phi) is 4.54. The summed E-state index contributed by atoms with van der Waals surface area (Å²) in [5.41, 5.74) is 2.95. The molecule has 24 heavy (non-hydrogen) atoms. The first-order chi connectivity index (χ1) is 11.7. The maximum atomic E-state index is 9.52. The van der Waals surface area contributed by atoms with E-state index in [1.807, 2.05) is 36.4 Å². The number of hydrogen-bond donors (Lipinski definition) is 1. The Labute approximate surface area is 147 Å². The predicted octanol–water partition coefficient (Wildman–Crippen LogP) is 4.41. The number of H-pyrrole nitrogens is 1. The average Bonchev–Trinajstić information content (AvgIpc) is 3.02. The topological polar surface area (TPSA) is 70.9 Å². The highest BCUT2D eigenvalue weighted by molar-refractivity contribution is 9.10. The van der Waals surface area contributed by atoms with Crippen LogP contribution in [-0.2, 0) is 0 Å². The number of rotatable bonds is 4. The number of allylic oxidation sites excluding steroid dienone is 1. The summed E-state index contributed by atoms with van der Waals surface area (Å²) in [6.45, 7) is 0. The van der Waals surface area contributed by atoms with E-state index in [0.717, 1.165) is 21.1 Å². The molecule has 0 radical (unpaired) electrons. The molecule has 0 aliphatic rings. The Bertz CT molecular complexity index is 937. The lowest BCUT2D eigenvalue weighted by molar-refractivity contribution is 0.353. The molecule has 0 saturated carbocycles. The molecule has 3 rings (SSSR count). The molecule has 120 valence electrons. The van der Waals surface area contributed by atoms with E-state index in [1.165, 1.54) is 0 Å². The molecule has 1 heterocycles. The number of fused-ring (bicyclic) bond motifs is 1. The summed E-state index contributed by atoms with van der Waals surface area (Å²) >= 11 is 3.45. The van der Waals surface area contributed by atoms with Gasteiger partial charge in [0.15, 0.2) is 11.5 Å². The summed E-state index contributed by atoms with van der Waals surface area (Å²) < 4.78 is 11.4. The van der Waals surface area contributed by atoms with Crippen molar-refractivity contribution in [2.75, 3.05) is 14.2 Å². The SMILES string of the molecule is COc1cc(/C=C(/C#N)c2nc3ccccc3[nH]2)cc(Br)c1OC. The maximum absolute atomic E-state index is 9.52. The van der Waals surface area contributed by atoms with Crippen molar-refractivity contribution in [3.8, 4) is 17.6 Å². The fourth-order valence-electron chi connectivity index (χ4n) is 2.42. The maximum Gasteiger partial charge on any atom is 0.174 e. The molecule has 0 aliphatic heterocycles. The highest BCUT2D eigenvalue weighted by Crippen LogP contribution is 2.37. The van der Waals surface area contributed by atoms with Gasteiger partial charge < -0.3 is 14.5 Å². The van der Waals surface area contributed by atoms with E-state index in [0.29, 0.717) is 22.9 Å². The minimum absolute atomic E-state index is 0.435. The fourth-order valence-corrected chi connectivity index (χ4v) is 3.04. The molecule has 2 aromatic carbocycles. The number of nitrogens with one attached hydrogen (secondary N) is 1. The molecule has 0 fully saturated rings. The van der Waals surface area contributed by atoms with Crippen LogP contribution in [0.5, 0.6) is 11.5 Å². The van der Waals surface area contributed by atoms with Gasteiger partial charge in [-0.25, -0.2) is 4.98 Å². The Balaban J connectivity index is 2.08. The van der Waals surface area contributed by atoms with Gasteiger partial charge in [0.05, 0.1) is 35.3 Å². The minimum Gasteiger partial charge on any atom is -0.493 e. The van der Waals surface area contributed by atoms with Crippen molar-refractivity contribution >= 4 is 38.6 Å². The van der Waals surface area contributed by atoms with Crippen molar-refractivity contribution in [3.63, 3.8) is 0 Å². The molecule has 0 unspecified atom stereocenters. The summed E-state index contributed by atoms with van der Waals surface area (Å²) in [6, 6.07) is 13.5. The van der Waals surface area contributed by atoms with Crippen molar-refractivity contribution in [1.29, 1.82) is 5.26 Å². The van der Waals surface area contributed by atoms with Crippen LogP contribution in [0.4, 0.5) is 0 Å². The summed E-state index contributed by atoms with van der Waals surface area (Å²) in [5.74, 6) is 1.72. The summed E-state index contributed by atoms with van der Waals surface area (Å²) in [4.78, 5) is 7.63. The highest BCUT2D eigenvalue weighted by Gasteiger charge is 2.12. The third-order valence-corrected chi connectivity index (χ3v) is 4.12. The van der Waals surface area contributed by atoms with Crippen LogP contribution < -0.4 is 9.47 Å². The smallest absolute Gasteiger partial charge is 0.174 e. The number of nitrogens with zero attached hydrogens (tertiary/aromatic N) is 2. The van der Waals surface area contributed by atoms with E-state index in [9.17, 15) is 5.26 Å².